The molecule has 0 atom stereocenters. The van der Waals surface area contributed by atoms with E-state index in [0.29, 0.717) is 0 Å². The second kappa shape index (κ2) is 6.02. The molecular weight excluding hydrogens is 262 g/mol. The van der Waals surface area contributed by atoms with Crippen molar-refractivity contribution in [2.45, 2.75) is 37.5 Å². The molecule has 0 saturated heterocycles. The second-order valence-electron chi connectivity index (χ2n) is 4.55. The van der Waals surface area contributed by atoms with Crippen LogP contribution in [0.2, 0.25) is 0 Å². The van der Waals surface area contributed by atoms with E-state index in [9.17, 15) is 8.42 Å². The van der Waals surface area contributed by atoms with Crippen LogP contribution in [0, 0.1) is 6.92 Å². The normalized spacial score (nSPS) is 15.9. The summed E-state index contributed by atoms with van der Waals surface area (Å²) in [4.78, 5) is 0.134. The minimum Gasteiger partial charge on any atom is -0.265 e. The first kappa shape index (κ1) is 13.8. The molecule has 4 nitrogen and oxygen atoms in total. The van der Waals surface area contributed by atoms with E-state index < -0.39 is 10.1 Å². The van der Waals surface area contributed by atoms with Crippen LogP contribution in [0.15, 0.2) is 46.5 Å². The molecule has 19 heavy (non-hydrogen) atoms. The zero-order valence-electron chi connectivity index (χ0n) is 10.9. The van der Waals surface area contributed by atoms with Crippen molar-refractivity contribution in [3.05, 3.63) is 42.0 Å². The third-order valence-electron chi connectivity index (χ3n) is 2.94. The molecule has 5 heteroatoms. The summed E-state index contributed by atoms with van der Waals surface area (Å²) in [6.07, 6.45) is 7.42. The molecule has 0 unspecified atom stereocenters. The molecule has 0 aliphatic heterocycles. The minimum absolute atomic E-state index is 0.134. The molecule has 102 valence electrons. The number of nitrogens with zero attached hydrogens (tertiary/aromatic N) is 1. The Hall–Kier alpha value is -1.62. The number of oxime groups is 1. The third kappa shape index (κ3) is 3.92. The van der Waals surface area contributed by atoms with E-state index in [1.165, 1.54) is 12.1 Å². The van der Waals surface area contributed by atoms with Gasteiger partial charge in [0.2, 0.25) is 0 Å². The summed E-state index contributed by atoms with van der Waals surface area (Å²) in [6, 6.07) is 6.52. The molecule has 0 saturated carbocycles. The van der Waals surface area contributed by atoms with Crippen LogP contribution in [0.4, 0.5) is 0 Å². The van der Waals surface area contributed by atoms with Crippen molar-refractivity contribution >= 4 is 15.8 Å². The van der Waals surface area contributed by atoms with E-state index in [0.717, 1.165) is 37.0 Å². The average Bonchev–Trinajstić information content (AvgIpc) is 2.65. The molecule has 0 bridgehead atoms. The van der Waals surface area contributed by atoms with Gasteiger partial charge in [-0.15, -0.1) is 0 Å². The first-order valence-electron chi connectivity index (χ1n) is 6.29. The van der Waals surface area contributed by atoms with Crippen LogP contribution in [-0.4, -0.2) is 14.1 Å². The van der Waals surface area contributed by atoms with Crippen LogP contribution in [0.3, 0.4) is 0 Å². The standard InChI is InChI=1S/C14H17NO3S/c1-12-8-10-14(11-9-12)19(16,17)18-15-13-6-4-2-3-5-7-13/h2-3,8-11H,4-7H2,1H3. The molecule has 2 rings (SSSR count). The van der Waals surface area contributed by atoms with Crippen molar-refractivity contribution < 1.29 is 12.7 Å². The summed E-state index contributed by atoms with van der Waals surface area (Å²) in [5.74, 6) is 0. The van der Waals surface area contributed by atoms with Crippen molar-refractivity contribution in [2.75, 3.05) is 0 Å². The molecule has 1 aliphatic carbocycles. The Kier molecular flexibility index (Phi) is 4.37. The lowest BCUT2D eigenvalue weighted by Crippen LogP contribution is -2.05. The number of rotatable bonds is 3. The van der Waals surface area contributed by atoms with Gasteiger partial charge in [-0.3, -0.25) is 4.28 Å². The third-order valence-corrected chi connectivity index (χ3v) is 4.06. The zero-order chi connectivity index (χ0) is 13.7. The van der Waals surface area contributed by atoms with Crippen molar-refractivity contribution in [1.29, 1.82) is 0 Å². The first-order chi connectivity index (χ1) is 9.08. The maximum atomic E-state index is 11.9. The van der Waals surface area contributed by atoms with E-state index in [1.807, 2.05) is 6.92 Å². The Labute approximate surface area is 113 Å². The zero-order valence-corrected chi connectivity index (χ0v) is 11.7. The molecule has 1 aromatic rings. The van der Waals surface area contributed by atoms with Crippen LogP contribution in [0.5, 0.6) is 0 Å². The quantitative estimate of drug-likeness (QED) is 0.630. The molecule has 0 spiro atoms. The van der Waals surface area contributed by atoms with Gasteiger partial charge in [0.05, 0.1) is 5.71 Å². The lowest BCUT2D eigenvalue weighted by atomic mass is 10.2. The Morgan fingerprint density at radius 1 is 1.05 bits per heavy atom. The Morgan fingerprint density at radius 3 is 2.21 bits per heavy atom. The van der Waals surface area contributed by atoms with Crippen LogP contribution in [0.1, 0.15) is 31.2 Å². The van der Waals surface area contributed by atoms with E-state index in [4.69, 9.17) is 4.28 Å². The van der Waals surface area contributed by atoms with Crippen molar-refractivity contribution in [3.63, 3.8) is 0 Å². The number of hydrogen-bond donors (Lipinski definition) is 0. The summed E-state index contributed by atoms with van der Waals surface area (Å²) in [7, 11) is -3.80. The molecule has 1 aromatic carbocycles. The molecule has 0 heterocycles. The highest BCUT2D eigenvalue weighted by molar-refractivity contribution is 7.86. The largest absolute Gasteiger partial charge is 0.358 e. The van der Waals surface area contributed by atoms with Gasteiger partial charge in [0.15, 0.2) is 0 Å². The van der Waals surface area contributed by atoms with Crippen LogP contribution in [0.25, 0.3) is 0 Å². The fourth-order valence-corrected chi connectivity index (χ4v) is 2.56. The van der Waals surface area contributed by atoms with E-state index in [2.05, 4.69) is 17.3 Å². The van der Waals surface area contributed by atoms with Crippen molar-refractivity contribution in [1.82, 2.24) is 0 Å². The van der Waals surface area contributed by atoms with Crippen LogP contribution in [-0.2, 0) is 14.4 Å². The van der Waals surface area contributed by atoms with E-state index in [-0.39, 0.29) is 4.90 Å². The predicted molar refractivity (Wildman–Crippen MR) is 74.5 cm³/mol. The average molecular weight is 279 g/mol. The highest BCUT2D eigenvalue weighted by atomic mass is 32.2. The number of allylic oxidation sites excluding steroid dienone is 2. The molecule has 0 N–H and O–H groups in total. The first-order valence-corrected chi connectivity index (χ1v) is 7.70. The van der Waals surface area contributed by atoms with Gasteiger partial charge in [-0.2, -0.15) is 8.42 Å². The van der Waals surface area contributed by atoms with Crippen LogP contribution >= 0.6 is 0 Å². The van der Waals surface area contributed by atoms with E-state index in [1.54, 1.807) is 12.1 Å². The molecule has 0 amide bonds. The van der Waals surface area contributed by atoms with Crippen LogP contribution < -0.4 is 0 Å². The molecule has 0 fully saturated rings. The van der Waals surface area contributed by atoms with Gasteiger partial charge in [0.1, 0.15) is 4.90 Å². The monoisotopic (exact) mass is 279 g/mol. The smallest absolute Gasteiger partial charge is 0.265 e. The summed E-state index contributed by atoms with van der Waals surface area (Å²) in [5.41, 5.74) is 1.79. The maximum Gasteiger partial charge on any atom is 0.358 e. The fourth-order valence-electron chi connectivity index (χ4n) is 1.80. The fraction of sp³-hybridized carbons (Fsp3) is 0.357. The molecule has 0 radical (unpaired) electrons. The number of aryl methyl sites for hydroxylation is 1. The Morgan fingerprint density at radius 2 is 1.63 bits per heavy atom. The van der Waals surface area contributed by atoms with Crippen molar-refractivity contribution in [3.8, 4) is 0 Å². The maximum absolute atomic E-state index is 11.9. The topological polar surface area (TPSA) is 55.7 Å². The van der Waals surface area contributed by atoms with E-state index >= 15 is 0 Å². The van der Waals surface area contributed by atoms with Gasteiger partial charge in [0.25, 0.3) is 0 Å². The van der Waals surface area contributed by atoms with Gasteiger partial charge < -0.3 is 0 Å². The second-order valence-corrected chi connectivity index (χ2v) is 6.08. The summed E-state index contributed by atoms with van der Waals surface area (Å²) in [6.45, 7) is 1.90. The highest BCUT2D eigenvalue weighted by Gasteiger charge is 2.16. The Bertz CT molecular complexity index is 574. The molecule has 0 aromatic heterocycles. The predicted octanol–water partition coefficient (Wildman–Crippen LogP) is 3.19. The van der Waals surface area contributed by atoms with Gasteiger partial charge in [-0.1, -0.05) is 35.0 Å². The van der Waals surface area contributed by atoms with Gasteiger partial charge in [0, 0.05) is 0 Å². The lowest BCUT2D eigenvalue weighted by molar-refractivity contribution is 0.336. The molecule has 1 aliphatic rings. The lowest BCUT2D eigenvalue weighted by Gasteiger charge is -2.04. The van der Waals surface area contributed by atoms with Gasteiger partial charge in [-0.05, 0) is 44.7 Å². The SMILES string of the molecule is Cc1ccc(S(=O)(=O)ON=C2CCC=CCC2)cc1. The summed E-state index contributed by atoms with van der Waals surface area (Å²) < 4.78 is 28.6. The number of hydrogen-bond acceptors (Lipinski definition) is 4. The molecular formula is C14H17NO3S. The van der Waals surface area contributed by atoms with Crippen molar-refractivity contribution in [2.24, 2.45) is 5.16 Å². The Balaban J connectivity index is 2.09. The van der Waals surface area contributed by atoms with Gasteiger partial charge >= 0.3 is 10.1 Å². The number of benzene rings is 1. The summed E-state index contributed by atoms with van der Waals surface area (Å²) >= 11 is 0. The highest BCUT2D eigenvalue weighted by Crippen LogP contribution is 2.15. The van der Waals surface area contributed by atoms with Gasteiger partial charge in [-0.25, -0.2) is 0 Å². The minimum atomic E-state index is -3.80. The summed E-state index contributed by atoms with van der Waals surface area (Å²) in [5, 5.41) is 3.80.